The van der Waals surface area contributed by atoms with Crippen molar-refractivity contribution in [2.45, 2.75) is 32.4 Å². The van der Waals surface area contributed by atoms with Crippen LogP contribution in [0, 0.1) is 0 Å². The molecule has 0 amide bonds. The summed E-state index contributed by atoms with van der Waals surface area (Å²) in [6.45, 7) is 7.77. The highest BCUT2D eigenvalue weighted by Gasteiger charge is 2.10. The summed E-state index contributed by atoms with van der Waals surface area (Å²) >= 11 is 0. The number of esters is 1. The molecule has 0 N–H and O–H groups in total. The van der Waals surface area contributed by atoms with Gasteiger partial charge >= 0.3 is 5.97 Å². The van der Waals surface area contributed by atoms with Gasteiger partial charge in [-0.1, -0.05) is 19.9 Å². The van der Waals surface area contributed by atoms with Crippen molar-refractivity contribution in [3.05, 3.63) is 12.2 Å². The van der Waals surface area contributed by atoms with E-state index in [1.165, 1.54) is 0 Å². The number of carbonyl (C=O) groups is 1. The molecule has 0 aromatic carbocycles. The van der Waals surface area contributed by atoms with Crippen LogP contribution in [0.2, 0.25) is 12.1 Å². The van der Waals surface area contributed by atoms with Gasteiger partial charge in [-0.15, -0.1) is 0 Å². The van der Waals surface area contributed by atoms with Gasteiger partial charge in [-0.3, -0.25) is 0 Å². The van der Waals surface area contributed by atoms with Crippen molar-refractivity contribution in [1.82, 2.24) is 0 Å². The first kappa shape index (κ1) is 13.4. The minimum absolute atomic E-state index is 0.301. The Hall–Kier alpha value is -0.613. The van der Waals surface area contributed by atoms with Crippen molar-refractivity contribution in [2.75, 3.05) is 13.7 Å². The second-order valence-corrected chi connectivity index (χ2v) is 6.22. The Morgan fingerprint density at radius 3 is 2.50 bits per heavy atom. The fourth-order valence-corrected chi connectivity index (χ4v) is 2.89. The summed E-state index contributed by atoms with van der Waals surface area (Å²) in [4.78, 5) is 11.0. The highest BCUT2D eigenvalue weighted by Crippen LogP contribution is 2.04. The lowest BCUT2D eigenvalue weighted by Gasteiger charge is -2.12. The quantitative estimate of drug-likeness (QED) is 0.370. The molecule has 4 heteroatoms. The van der Waals surface area contributed by atoms with Crippen LogP contribution in [-0.2, 0) is 14.0 Å². The SMILES string of the molecule is C=C(C)C(=O)OCC[SiH](CCC)OC. The van der Waals surface area contributed by atoms with Gasteiger partial charge in [0.25, 0.3) is 0 Å². The first-order valence-electron chi connectivity index (χ1n) is 4.97. The lowest BCUT2D eigenvalue weighted by atomic mass is 10.4. The van der Waals surface area contributed by atoms with Crippen molar-refractivity contribution >= 4 is 15.0 Å². The van der Waals surface area contributed by atoms with Crippen molar-refractivity contribution < 1.29 is 14.0 Å². The van der Waals surface area contributed by atoms with E-state index in [2.05, 4.69) is 13.5 Å². The summed E-state index contributed by atoms with van der Waals surface area (Å²) in [5, 5.41) is 0. The minimum atomic E-state index is -1.11. The molecule has 0 aromatic rings. The predicted molar refractivity (Wildman–Crippen MR) is 59.8 cm³/mol. The number of rotatable bonds is 7. The van der Waals surface area contributed by atoms with Gasteiger partial charge in [0.1, 0.15) is 0 Å². The summed E-state index contributed by atoms with van der Waals surface area (Å²) in [6, 6.07) is 2.03. The third-order valence-corrected chi connectivity index (χ3v) is 4.73. The van der Waals surface area contributed by atoms with Crippen LogP contribution in [0.4, 0.5) is 0 Å². The third-order valence-electron chi connectivity index (χ3n) is 1.97. The Bertz CT molecular complexity index is 192. The van der Waals surface area contributed by atoms with Crippen molar-refractivity contribution in [2.24, 2.45) is 0 Å². The predicted octanol–water partition coefficient (Wildman–Crippen LogP) is 1.89. The lowest BCUT2D eigenvalue weighted by Crippen LogP contribution is -2.19. The second-order valence-electron chi connectivity index (χ2n) is 3.35. The van der Waals surface area contributed by atoms with Crippen LogP contribution < -0.4 is 0 Å². The molecule has 0 saturated heterocycles. The fraction of sp³-hybridized carbons (Fsp3) is 0.700. The average Bonchev–Trinajstić information content (AvgIpc) is 2.16. The van der Waals surface area contributed by atoms with E-state index >= 15 is 0 Å². The molecule has 0 bridgehead atoms. The molecule has 0 heterocycles. The Labute approximate surface area is 87.8 Å². The van der Waals surface area contributed by atoms with E-state index in [9.17, 15) is 4.79 Å². The summed E-state index contributed by atoms with van der Waals surface area (Å²) in [5.41, 5.74) is 0.455. The number of ether oxygens (including phenoxy) is 1. The summed E-state index contributed by atoms with van der Waals surface area (Å²) in [7, 11) is 0.633. The van der Waals surface area contributed by atoms with E-state index in [-0.39, 0.29) is 5.97 Å². The van der Waals surface area contributed by atoms with Gasteiger partial charge in [-0.2, -0.15) is 0 Å². The Kier molecular flexibility index (Phi) is 7.42. The van der Waals surface area contributed by atoms with Gasteiger partial charge in [-0.25, -0.2) is 4.79 Å². The van der Waals surface area contributed by atoms with Crippen LogP contribution in [0.1, 0.15) is 20.3 Å². The molecule has 0 aliphatic heterocycles. The molecule has 0 aromatic heterocycles. The molecule has 3 nitrogen and oxygen atoms in total. The van der Waals surface area contributed by atoms with Gasteiger partial charge in [0.2, 0.25) is 0 Å². The largest absolute Gasteiger partial charge is 0.463 e. The topological polar surface area (TPSA) is 35.5 Å². The van der Waals surface area contributed by atoms with Gasteiger partial charge in [0, 0.05) is 12.7 Å². The van der Waals surface area contributed by atoms with Crippen molar-refractivity contribution in [3.63, 3.8) is 0 Å². The molecule has 0 spiro atoms. The van der Waals surface area contributed by atoms with E-state index in [4.69, 9.17) is 9.16 Å². The number of carbonyl (C=O) groups excluding carboxylic acids is 1. The first-order valence-corrected chi connectivity index (χ1v) is 7.07. The number of hydrogen-bond donors (Lipinski definition) is 0. The van der Waals surface area contributed by atoms with E-state index in [0.29, 0.717) is 12.2 Å². The molecule has 0 saturated carbocycles. The van der Waals surface area contributed by atoms with Crippen LogP contribution in [0.5, 0.6) is 0 Å². The maximum atomic E-state index is 11.0. The zero-order valence-electron chi connectivity index (χ0n) is 9.34. The van der Waals surface area contributed by atoms with Crippen LogP contribution in [0.3, 0.4) is 0 Å². The smallest absolute Gasteiger partial charge is 0.333 e. The van der Waals surface area contributed by atoms with E-state index in [0.717, 1.165) is 18.5 Å². The molecule has 0 aliphatic rings. The molecule has 1 unspecified atom stereocenters. The van der Waals surface area contributed by atoms with Crippen molar-refractivity contribution in [3.8, 4) is 0 Å². The molecule has 82 valence electrons. The molecular formula is C10H20O3Si. The molecule has 1 atom stereocenters. The van der Waals surface area contributed by atoms with Gasteiger partial charge in [0.15, 0.2) is 9.04 Å². The fourth-order valence-electron chi connectivity index (χ4n) is 1.11. The monoisotopic (exact) mass is 216 g/mol. The van der Waals surface area contributed by atoms with Gasteiger partial charge < -0.3 is 9.16 Å². The Morgan fingerprint density at radius 2 is 2.07 bits per heavy atom. The van der Waals surface area contributed by atoms with Crippen molar-refractivity contribution in [1.29, 1.82) is 0 Å². The number of hydrogen-bond acceptors (Lipinski definition) is 3. The van der Waals surface area contributed by atoms with E-state index in [1.54, 1.807) is 14.0 Å². The van der Waals surface area contributed by atoms with Crippen LogP contribution in [0.25, 0.3) is 0 Å². The molecule has 0 fully saturated rings. The van der Waals surface area contributed by atoms with Gasteiger partial charge in [-0.05, 0) is 19.0 Å². The Balaban J connectivity index is 3.60. The third kappa shape index (κ3) is 5.94. The maximum Gasteiger partial charge on any atom is 0.333 e. The minimum Gasteiger partial charge on any atom is -0.463 e. The van der Waals surface area contributed by atoms with E-state index in [1.807, 2.05) is 0 Å². The van der Waals surface area contributed by atoms with Crippen LogP contribution in [-0.4, -0.2) is 28.7 Å². The molecule has 14 heavy (non-hydrogen) atoms. The highest BCUT2D eigenvalue weighted by atomic mass is 28.3. The maximum absolute atomic E-state index is 11.0. The molecule has 0 aliphatic carbocycles. The normalized spacial score (nSPS) is 12.2. The van der Waals surface area contributed by atoms with Crippen LogP contribution in [0.15, 0.2) is 12.2 Å². The molecule has 0 radical (unpaired) electrons. The van der Waals surface area contributed by atoms with Gasteiger partial charge in [0.05, 0.1) is 6.61 Å². The average molecular weight is 216 g/mol. The van der Waals surface area contributed by atoms with Crippen LogP contribution >= 0.6 is 0 Å². The standard InChI is InChI=1S/C10H20O3Si/c1-5-7-14(12-4)8-6-13-10(11)9(2)3/h14H,2,5-8H2,1,3-4H3. The molecular weight excluding hydrogens is 196 g/mol. The first-order chi connectivity index (χ1) is 6.61. The zero-order valence-corrected chi connectivity index (χ0v) is 10.5. The lowest BCUT2D eigenvalue weighted by molar-refractivity contribution is -0.138. The summed E-state index contributed by atoms with van der Waals surface area (Å²) < 4.78 is 10.4. The highest BCUT2D eigenvalue weighted by molar-refractivity contribution is 6.51. The second kappa shape index (κ2) is 7.76. The summed E-state index contributed by atoms with van der Waals surface area (Å²) in [5.74, 6) is -0.301. The zero-order chi connectivity index (χ0) is 11.0. The van der Waals surface area contributed by atoms with E-state index < -0.39 is 9.04 Å². The Morgan fingerprint density at radius 1 is 1.43 bits per heavy atom. The molecule has 0 rings (SSSR count). The summed E-state index contributed by atoms with van der Waals surface area (Å²) in [6.07, 6.45) is 1.14.